The van der Waals surface area contributed by atoms with Crippen LogP contribution in [0.15, 0.2) is 17.7 Å². The third kappa shape index (κ3) is 1.23. The van der Waals surface area contributed by atoms with Crippen LogP contribution in [0.5, 0.6) is 0 Å². The van der Waals surface area contributed by atoms with Gasteiger partial charge in [-0.2, -0.15) is 0 Å². The molecule has 0 amide bonds. The zero-order valence-electron chi connectivity index (χ0n) is 6.40. The molecule has 2 N–H and O–H groups in total. The molecule has 0 aromatic carbocycles. The van der Waals surface area contributed by atoms with Crippen LogP contribution in [-0.4, -0.2) is 26.4 Å². The van der Waals surface area contributed by atoms with Gasteiger partial charge in [-0.05, 0) is 0 Å². The molecule has 0 aliphatic carbocycles. The number of nitrogens with one attached hydrogen (secondary N) is 1. The Kier molecular flexibility index (Phi) is 1.86. The normalized spacial score (nSPS) is 11.5. The first-order chi connectivity index (χ1) is 6.33. The molecule has 0 atom stereocenters. The molecular weight excluding hydrogens is 192 g/mol. The predicted molar refractivity (Wildman–Crippen MR) is 48.3 cm³/mol. The Morgan fingerprint density at radius 3 is 3.15 bits per heavy atom. The van der Waals surface area contributed by atoms with Gasteiger partial charge >= 0.3 is 0 Å². The lowest BCUT2D eigenvalue weighted by Crippen LogP contribution is -1.83. The summed E-state index contributed by atoms with van der Waals surface area (Å²) in [5.74, 6) is 0. The first-order valence-electron chi connectivity index (χ1n) is 3.48. The molecule has 0 radical (unpaired) electrons. The molecule has 0 unspecified atom stereocenters. The van der Waals surface area contributed by atoms with E-state index in [-0.39, 0.29) is 0 Å². The summed E-state index contributed by atoms with van der Waals surface area (Å²) in [5, 5.41) is 12.3. The molecule has 0 saturated carbocycles. The molecule has 0 fully saturated rings. The standard InChI is InChI=1S/C7H5ClN4O/c8-6-5-4(2-12-13)1-9-7(5)11-3-10-6/h1-3,13H,(H,9,10,11). The van der Waals surface area contributed by atoms with Gasteiger partial charge in [0, 0.05) is 11.8 Å². The number of fused-ring (bicyclic) bond motifs is 1. The summed E-state index contributed by atoms with van der Waals surface area (Å²) >= 11 is 5.82. The highest BCUT2D eigenvalue weighted by molar-refractivity contribution is 6.35. The number of aromatic amines is 1. The minimum atomic E-state index is 0.334. The van der Waals surface area contributed by atoms with Gasteiger partial charge in [-0.15, -0.1) is 0 Å². The quantitative estimate of drug-likeness (QED) is 0.314. The number of oxime groups is 1. The maximum atomic E-state index is 8.36. The average Bonchev–Trinajstić information content (AvgIpc) is 2.51. The minimum absolute atomic E-state index is 0.334. The molecule has 6 heteroatoms. The van der Waals surface area contributed by atoms with E-state index in [1.807, 2.05) is 0 Å². The van der Waals surface area contributed by atoms with Crippen LogP contribution in [0.4, 0.5) is 0 Å². The molecule has 0 saturated heterocycles. The predicted octanol–water partition coefficient (Wildman–Crippen LogP) is 1.42. The highest BCUT2D eigenvalue weighted by Crippen LogP contribution is 2.21. The fraction of sp³-hybridized carbons (Fsp3) is 0. The van der Waals surface area contributed by atoms with Gasteiger partial charge in [0.15, 0.2) is 0 Å². The third-order valence-corrected chi connectivity index (χ3v) is 1.94. The number of hydrogen-bond donors (Lipinski definition) is 2. The number of hydrogen-bond acceptors (Lipinski definition) is 4. The van der Waals surface area contributed by atoms with Gasteiger partial charge in [0.25, 0.3) is 0 Å². The monoisotopic (exact) mass is 196 g/mol. The van der Waals surface area contributed by atoms with Gasteiger partial charge in [0.05, 0.1) is 11.6 Å². The number of H-pyrrole nitrogens is 1. The molecule has 0 aliphatic rings. The zero-order chi connectivity index (χ0) is 9.26. The van der Waals surface area contributed by atoms with Crippen LogP contribution >= 0.6 is 11.6 Å². The van der Waals surface area contributed by atoms with E-state index in [4.69, 9.17) is 16.8 Å². The Bertz CT molecular complexity index is 464. The Morgan fingerprint density at radius 2 is 2.38 bits per heavy atom. The van der Waals surface area contributed by atoms with Gasteiger partial charge in [0.2, 0.25) is 0 Å². The van der Waals surface area contributed by atoms with Gasteiger partial charge in [0.1, 0.15) is 17.1 Å². The molecular formula is C7H5ClN4O. The summed E-state index contributed by atoms with van der Waals surface area (Å²) in [6.07, 6.45) is 4.28. The maximum absolute atomic E-state index is 8.36. The molecule has 0 aliphatic heterocycles. The lowest BCUT2D eigenvalue weighted by atomic mass is 10.3. The van der Waals surface area contributed by atoms with Crippen molar-refractivity contribution in [2.24, 2.45) is 5.16 Å². The minimum Gasteiger partial charge on any atom is -0.411 e. The molecule has 0 bridgehead atoms. The van der Waals surface area contributed by atoms with Gasteiger partial charge in [-0.25, -0.2) is 9.97 Å². The van der Waals surface area contributed by atoms with Crippen molar-refractivity contribution in [2.45, 2.75) is 0 Å². The number of rotatable bonds is 1. The van der Waals surface area contributed by atoms with Crippen LogP contribution in [0, 0.1) is 0 Å². The average molecular weight is 197 g/mol. The maximum Gasteiger partial charge on any atom is 0.142 e. The van der Waals surface area contributed by atoms with E-state index in [9.17, 15) is 0 Å². The molecule has 0 spiro atoms. The highest BCUT2D eigenvalue weighted by Gasteiger charge is 2.07. The van der Waals surface area contributed by atoms with Crippen molar-refractivity contribution >= 4 is 28.8 Å². The molecule has 2 rings (SSSR count). The van der Waals surface area contributed by atoms with E-state index in [0.717, 1.165) is 0 Å². The summed E-state index contributed by atoms with van der Waals surface area (Å²) < 4.78 is 0. The summed E-state index contributed by atoms with van der Waals surface area (Å²) in [6, 6.07) is 0. The second kappa shape index (κ2) is 3.02. The molecule has 2 aromatic heterocycles. The van der Waals surface area contributed by atoms with Crippen molar-refractivity contribution in [2.75, 3.05) is 0 Å². The van der Waals surface area contributed by atoms with E-state index in [2.05, 4.69) is 20.1 Å². The topological polar surface area (TPSA) is 74.2 Å². The lowest BCUT2D eigenvalue weighted by molar-refractivity contribution is 0.322. The van der Waals surface area contributed by atoms with Gasteiger partial charge in [-0.3, -0.25) is 0 Å². The van der Waals surface area contributed by atoms with Crippen LogP contribution in [0.2, 0.25) is 5.15 Å². The Balaban J connectivity index is 2.78. The molecule has 2 heterocycles. The fourth-order valence-electron chi connectivity index (χ4n) is 1.11. The smallest absolute Gasteiger partial charge is 0.142 e. The number of aromatic nitrogens is 3. The second-order valence-corrected chi connectivity index (χ2v) is 2.73. The van der Waals surface area contributed by atoms with E-state index < -0.39 is 0 Å². The second-order valence-electron chi connectivity index (χ2n) is 2.38. The van der Waals surface area contributed by atoms with Crippen molar-refractivity contribution in [3.8, 4) is 0 Å². The SMILES string of the molecule is ON=Cc1c[nH]c2ncnc(Cl)c12. The molecule has 66 valence electrons. The van der Waals surface area contributed by atoms with Crippen LogP contribution in [0.25, 0.3) is 11.0 Å². The van der Waals surface area contributed by atoms with Crippen molar-refractivity contribution in [3.63, 3.8) is 0 Å². The van der Waals surface area contributed by atoms with Crippen molar-refractivity contribution in [1.82, 2.24) is 15.0 Å². The van der Waals surface area contributed by atoms with Crippen LogP contribution < -0.4 is 0 Å². The number of nitrogens with zero attached hydrogens (tertiary/aromatic N) is 3. The van der Waals surface area contributed by atoms with E-state index in [0.29, 0.717) is 21.7 Å². The molecule has 2 aromatic rings. The Labute approximate surface area is 78.1 Å². The van der Waals surface area contributed by atoms with Crippen molar-refractivity contribution < 1.29 is 5.21 Å². The Hall–Kier alpha value is -1.62. The highest BCUT2D eigenvalue weighted by atomic mass is 35.5. The van der Waals surface area contributed by atoms with Crippen molar-refractivity contribution in [3.05, 3.63) is 23.2 Å². The molecule has 13 heavy (non-hydrogen) atoms. The first-order valence-corrected chi connectivity index (χ1v) is 3.85. The third-order valence-electron chi connectivity index (χ3n) is 1.65. The van der Waals surface area contributed by atoms with E-state index in [1.165, 1.54) is 12.5 Å². The summed E-state index contributed by atoms with van der Waals surface area (Å²) in [5.41, 5.74) is 1.28. The van der Waals surface area contributed by atoms with Crippen LogP contribution in [0.3, 0.4) is 0 Å². The summed E-state index contributed by atoms with van der Waals surface area (Å²) in [6.45, 7) is 0. The Morgan fingerprint density at radius 1 is 1.54 bits per heavy atom. The van der Waals surface area contributed by atoms with Gasteiger partial charge < -0.3 is 10.2 Å². The van der Waals surface area contributed by atoms with Crippen LogP contribution in [-0.2, 0) is 0 Å². The van der Waals surface area contributed by atoms with E-state index in [1.54, 1.807) is 6.20 Å². The fourth-order valence-corrected chi connectivity index (χ4v) is 1.35. The van der Waals surface area contributed by atoms with Gasteiger partial charge in [-0.1, -0.05) is 16.8 Å². The summed E-state index contributed by atoms with van der Waals surface area (Å²) in [4.78, 5) is 10.6. The first kappa shape index (κ1) is 8.00. The lowest BCUT2D eigenvalue weighted by Gasteiger charge is -1.91. The van der Waals surface area contributed by atoms with Crippen LogP contribution in [0.1, 0.15) is 5.56 Å². The molecule has 5 nitrogen and oxygen atoms in total. The zero-order valence-corrected chi connectivity index (χ0v) is 7.15. The summed E-state index contributed by atoms with van der Waals surface area (Å²) in [7, 11) is 0. The van der Waals surface area contributed by atoms with E-state index >= 15 is 0 Å². The largest absolute Gasteiger partial charge is 0.411 e. The number of halogens is 1. The van der Waals surface area contributed by atoms with Crippen molar-refractivity contribution in [1.29, 1.82) is 0 Å².